The number of esters is 1. The molecule has 0 heterocycles. The second kappa shape index (κ2) is 11.0. The molecule has 0 aliphatic heterocycles. The average molecular weight is 314 g/mol. The topological polar surface area (TPSA) is 108 Å². The first-order valence-electron chi connectivity index (χ1n) is 6.34. The summed E-state index contributed by atoms with van der Waals surface area (Å²) in [5.74, 6) is -0.898. The van der Waals surface area contributed by atoms with Crippen LogP contribution in [0.25, 0.3) is 0 Å². The molecule has 8 nitrogen and oxygen atoms in total. The lowest BCUT2D eigenvalue weighted by Crippen LogP contribution is -2.27. The molecule has 1 atom stereocenters. The summed E-state index contributed by atoms with van der Waals surface area (Å²) in [6.07, 6.45) is 0.673. The minimum atomic E-state index is -4.67. The maximum absolute atomic E-state index is 11.2. The monoisotopic (exact) mass is 314 g/mol. The van der Waals surface area contributed by atoms with Crippen molar-refractivity contribution in [1.82, 2.24) is 0 Å². The van der Waals surface area contributed by atoms with Crippen LogP contribution in [0.2, 0.25) is 0 Å². The first kappa shape index (κ1) is 19.3. The zero-order chi connectivity index (χ0) is 15.4. The Hall–Kier alpha value is -0.740. The fourth-order valence-corrected chi connectivity index (χ4v) is 1.55. The van der Waals surface area contributed by atoms with E-state index in [2.05, 4.69) is 15.8 Å². The maximum atomic E-state index is 11.2. The molecule has 0 aliphatic carbocycles. The molecule has 0 aromatic carbocycles. The first-order valence-corrected chi connectivity index (χ1v) is 7.71. The molecule has 0 amide bonds. The van der Waals surface area contributed by atoms with Crippen LogP contribution in [0, 0.1) is 0 Å². The van der Waals surface area contributed by atoms with Gasteiger partial charge in [-0.25, -0.2) is 8.98 Å². The maximum Gasteiger partial charge on any atom is 0.398 e. The summed E-state index contributed by atoms with van der Waals surface area (Å²) in [5, 5.41) is 0. The predicted octanol–water partition coefficient (Wildman–Crippen LogP) is 0.571. The van der Waals surface area contributed by atoms with E-state index in [-0.39, 0.29) is 13.2 Å². The van der Waals surface area contributed by atoms with E-state index >= 15 is 0 Å². The fraction of sp³-hybridized carbons (Fsp3) is 0.909. The van der Waals surface area contributed by atoms with Gasteiger partial charge in [0.25, 0.3) is 0 Å². The van der Waals surface area contributed by atoms with Gasteiger partial charge in [0.1, 0.15) is 6.61 Å². The summed E-state index contributed by atoms with van der Waals surface area (Å²) in [5.41, 5.74) is 0. The molecule has 0 aromatic heterocycles. The van der Waals surface area contributed by atoms with Crippen molar-refractivity contribution in [3.63, 3.8) is 0 Å². The van der Waals surface area contributed by atoms with Gasteiger partial charge in [-0.3, -0.25) is 4.55 Å². The lowest BCUT2D eigenvalue weighted by Gasteiger charge is -2.10. The summed E-state index contributed by atoms with van der Waals surface area (Å²) in [4.78, 5) is 11.2. The van der Waals surface area contributed by atoms with Crippen LogP contribution in [0.4, 0.5) is 0 Å². The van der Waals surface area contributed by atoms with Gasteiger partial charge in [-0.05, 0) is 13.3 Å². The molecule has 120 valence electrons. The predicted molar refractivity (Wildman–Crippen MR) is 69.6 cm³/mol. The highest BCUT2D eigenvalue weighted by Crippen LogP contribution is 1.99. The highest BCUT2D eigenvalue weighted by atomic mass is 32.3. The number of ether oxygens (including phenoxy) is 3. The summed E-state index contributed by atoms with van der Waals surface area (Å²) in [7, 11) is -4.67. The van der Waals surface area contributed by atoms with Crippen molar-refractivity contribution < 1.29 is 36.2 Å². The largest absolute Gasteiger partial charge is 0.461 e. The van der Waals surface area contributed by atoms with E-state index in [1.807, 2.05) is 0 Å². The Labute approximate surface area is 119 Å². The molecule has 0 radical (unpaired) electrons. The average Bonchev–Trinajstić information content (AvgIpc) is 2.34. The molecular weight excluding hydrogens is 292 g/mol. The van der Waals surface area contributed by atoms with Crippen LogP contribution in [0.5, 0.6) is 0 Å². The second-order valence-corrected chi connectivity index (χ2v) is 4.96. The fourth-order valence-electron chi connectivity index (χ4n) is 1.11. The van der Waals surface area contributed by atoms with Crippen LogP contribution in [0.1, 0.15) is 26.7 Å². The smallest absolute Gasteiger partial charge is 0.398 e. The molecule has 0 fully saturated rings. The Bertz CT molecular complexity index is 353. The minimum absolute atomic E-state index is 0.0348. The molecule has 0 spiro atoms. The number of unbranched alkanes of at least 4 members (excludes halogenated alkanes) is 1. The summed E-state index contributed by atoms with van der Waals surface area (Å²) in [6.45, 7) is 4.90. The van der Waals surface area contributed by atoms with E-state index in [0.717, 1.165) is 19.8 Å². The van der Waals surface area contributed by atoms with Crippen molar-refractivity contribution in [1.29, 1.82) is 0 Å². The van der Waals surface area contributed by atoms with Gasteiger partial charge in [-0.15, -0.1) is 0 Å². The zero-order valence-electron chi connectivity index (χ0n) is 11.7. The minimum Gasteiger partial charge on any atom is -0.461 e. The number of hydrogen-bond donors (Lipinski definition) is 1. The number of carbonyl (C=O) groups excluding carboxylic acids is 1. The highest BCUT2D eigenvalue weighted by molar-refractivity contribution is 7.80. The molecule has 0 aliphatic rings. The second-order valence-electron chi connectivity index (χ2n) is 3.91. The van der Waals surface area contributed by atoms with Gasteiger partial charge in [0.05, 0.1) is 19.8 Å². The lowest BCUT2D eigenvalue weighted by molar-refractivity contribution is -0.152. The van der Waals surface area contributed by atoms with E-state index in [1.54, 1.807) is 0 Å². The van der Waals surface area contributed by atoms with Gasteiger partial charge >= 0.3 is 16.4 Å². The van der Waals surface area contributed by atoms with Gasteiger partial charge in [0.15, 0.2) is 6.10 Å². The molecular formula is C11H22O8S. The Balaban J connectivity index is 3.48. The van der Waals surface area contributed by atoms with Crippen LogP contribution in [-0.4, -0.2) is 58.1 Å². The van der Waals surface area contributed by atoms with Gasteiger partial charge < -0.3 is 14.2 Å². The van der Waals surface area contributed by atoms with Crippen molar-refractivity contribution in [2.75, 3.05) is 33.0 Å². The summed E-state index contributed by atoms with van der Waals surface area (Å²) >= 11 is 0. The van der Waals surface area contributed by atoms with Crippen LogP contribution < -0.4 is 0 Å². The molecule has 0 aromatic rings. The highest BCUT2D eigenvalue weighted by Gasteiger charge is 2.21. The quantitative estimate of drug-likeness (QED) is 0.316. The van der Waals surface area contributed by atoms with Crippen LogP contribution in [0.3, 0.4) is 0 Å². The molecule has 0 saturated carbocycles. The van der Waals surface area contributed by atoms with Crippen molar-refractivity contribution in [2.24, 2.45) is 0 Å². The van der Waals surface area contributed by atoms with Crippen molar-refractivity contribution in [2.45, 2.75) is 32.8 Å². The molecule has 0 saturated heterocycles. The van der Waals surface area contributed by atoms with Crippen molar-refractivity contribution >= 4 is 16.4 Å². The van der Waals surface area contributed by atoms with Crippen LogP contribution in [0.15, 0.2) is 0 Å². The van der Waals surface area contributed by atoms with E-state index in [0.29, 0.717) is 19.8 Å². The number of carbonyl (C=O) groups is 1. The summed E-state index contributed by atoms with van der Waals surface area (Å²) < 4.78 is 48.2. The van der Waals surface area contributed by atoms with E-state index in [4.69, 9.17) is 14.0 Å². The van der Waals surface area contributed by atoms with Gasteiger partial charge in [0, 0.05) is 6.61 Å². The van der Waals surface area contributed by atoms with Crippen molar-refractivity contribution in [3.8, 4) is 0 Å². The van der Waals surface area contributed by atoms with Crippen molar-refractivity contribution in [3.05, 3.63) is 0 Å². The van der Waals surface area contributed by atoms with E-state index in [1.165, 1.54) is 0 Å². The third-order valence-corrected chi connectivity index (χ3v) is 2.62. The van der Waals surface area contributed by atoms with Crippen LogP contribution in [-0.2, 0) is 33.6 Å². The molecule has 20 heavy (non-hydrogen) atoms. The normalized spacial score (nSPS) is 13.2. The Morgan fingerprint density at radius 2 is 1.65 bits per heavy atom. The Morgan fingerprint density at radius 1 is 1.10 bits per heavy atom. The lowest BCUT2D eigenvalue weighted by atomic mass is 10.4. The molecule has 0 bridgehead atoms. The third kappa shape index (κ3) is 12.3. The van der Waals surface area contributed by atoms with Gasteiger partial charge in [-0.2, -0.15) is 8.42 Å². The standard InChI is InChI=1S/C11H22O8S/c1-3-4-5-16-6-7-17-8-9-18-11(12)10(2)19-20(13,14)15/h10H,3-9H2,1-2H3,(H,13,14,15). The Kier molecular flexibility index (Phi) is 10.6. The zero-order valence-corrected chi connectivity index (χ0v) is 12.6. The van der Waals surface area contributed by atoms with E-state index < -0.39 is 22.5 Å². The van der Waals surface area contributed by atoms with E-state index in [9.17, 15) is 13.2 Å². The molecule has 1 N–H and O–H groups in total. The van der Waals surface area contributed by atoms with Crippen LogP contribution >= 0.6 is 0 Å². The Morgan fingerprint density at radius 3 is 2.20 bits per heavy atom. The number of rotatable bonds is 12. The molecule has 1 unspecified atom stereocenters. The van der Waals surface area contributed by atoms with Gasteiger partial charge in [0.2, 0.25) is 0 Å². The molecule has 0 rings (SSSR count). The summed E-state index contributed by atoms with van der Waals surface area (Å²) in [6, 6.07) is 0. The SMILES string of the molecule is CCCCOCCOCCOC(=O)C(C)OS(=O)(=O)O. The third-order valence-electron chi connectivity index (χ3n) is 2.08. The van der Waals surface area contributed by atoms with Gasteiger partial charge in [-0.1, -0.05) is 13.3 Å². The number of hydrogen-bond acceptors (Lipinski definition) is 7. The first-order chi connectivity index (χ1) is 9.37. The molecule has 9 heteroatoms.